The molecule has 100 valence electrons. The molecule has 0 saturated carbocycles. The van der Waals surface area contributed by atoms with Gasteiger partial charge in [-0.05, 0) is 35.3 Å². The first-order valence-electron chi connectivity index (χ1n) is 6.75. The molecule has 1 nitrogen and oxygen atoms in total. The molecule has 1 N–H and O–H groups in total. The van der Waals surface area contributed by atoms with Crippen LogP contribution in [0.4, 0.5) is 0 Å². The Hall–Kier alpha value is -1.17. The van der Waals surface area contributed by atoms with Crippen molar-refractivity contribution in [2.45, 2.75) is 32.8 Å². The van der Waals surface area contributed by atoms with Crippen molar-refractivity contribution in [3.8, 4) is 0 Å². The lowest BCUT2D eigenvalue weighted by Gasteiger charge is -2.18. The monoisotopic (exact) mass is 272 g/mol. The molecule has 0 aliphatic heterocycles. The van der Waals surface area contributed by atoms with E-state index in [0.29, 0.717) is 0 Å². The minimum atomic E-state index is -0.540. The van der Waals surface area contributed by atoms with Crippen LogP contribution in [0.15, 0.2) is 42.5 Å². The molecule has 2 heteroatoms. The summed E-state index contributed by atoms with van der Waals surface area (Å²) in [5.74, 6) is 0. The Balaban J connectivity index is 2.43. The van der Waals surface area contributed by atoms with Gasteiger partial charge in [-0.15, -0.1) is 9.24 Å². The standard InChI is InChI=1S/C17H21OP/c1-3-6-14-15(9-5-10-16(14)19)17(18)13-8-4-7-12(2)11-13/h4-5,7-11,17-18H,3,6,19H2,1-2H3. The van der Waals surface area contributed by atoms with Crippen molar-refractivity contribution in [3.63, 3.8) is 0 Å². The van der Waals surface area contributed by atoms with Crippen molar-refractivity contribution in [2.75, 3.05) is 0 Å². The zero-order valence-electron chi connectivity index (χ0n) is 11.6. The third-order valence-electron chi connectivity index (χ3n) is 3.40. The van der Waals surface area contributed by atoms with Gasteiger partial charge in [-0.3, -0.25) is 0 Å². The number of aliphatic hydroxyl groups is 1. The van der Waals surface area contributed by atoms with E-state index in [1.165, 1.54) is 16.4 Å². The molecule has 0 heterocycles. The van der Waals surface area contributed by atoms with Gasteiger partial charge in [0.15, 0.2) is 0 Å². The fourth-order valence-electron chi connectivity index (χ4n) is 2.44. The van der Waals surface area contributed by atoms with Crippen LogP contribution in [0.25, 0.3) is 0 Å². The minimum Gasteiger partial charge on any atom is -0.384 e. The van der Waals surface area contributed by atoms with Gasteiger partial charge >= 0.3 is 0 Å². The number of hydrogen-bond donors (Lipinski definition) is 1. The van der Waals surface area contributed by atoms with Crippen LogP contribution >= 0.6 is 9.24 Å². The summed E-state index contributed by atoms with van der Waals surface area (Å²) in [5, 5.41) is 11.8. The van der Waals surface area contributed by atoms with E-state index in [1.807, 2.05) is 24.3 Å². The second kappa shape index (κ2) is 6.32. The van der Waals surface area contributed by atoms with Gasteiger partial charge < -0.3 is 5.11 Å². The van der Waals surface area contributed by atoms with Crippen molar-refractivity contribution in [1.82, 2.24) is 0 Å². The number of aliphatic hydroxyl groups excluding tert-OH is 1. The van der Waals surface area contributed by atoms with E-state index in [9.17, 15) is 5.11 Å². The fourth-order valence-corrected chi connectivity index (χ4v) is 2.86. The summed E-state index contributed by atoms with van der Waals surface area (Å²) in [6.45, 7) is 4.22. The summed E-state index contributed by atoms with van der Waals surface area (Å²) in [7, 11) is 2.78. The molecule has 2 unspecified atom stereocenters. The van der Waals surface area contributed by atoms with Gasteiger partial charge in [0.25, 0.3) is 0 Å². The normalized spacial score (nSPS) is 12.4. The van der Waals surface area contributed by atoms with E-state index < -0.39 is 6.10 Å². The molecule has 0 spiro atoms. The number of hydrogen-bond acceptors (Lipinski definition) is 1. The molecule has 2 atom stereocenters. The van der Waals surface area contributed by atoms with Crippen LogP contribution in [0.2, 0.25) is 0 Å². The lowest BCUT2D eigenvalue weighted by molar-refractivity contribution is 0.219. The number of rotatable bonds is 4. The first kappa shape index (κ1) is 14.2. The fraction of sp³-hybridized carbons (Fsp3) is 0.294. The van der Waals surface area contributed by atoms with E-state index in [4.69, 9.17) is 0 Å². The average molecular weight is 272 g/mol. The van der Waals surface area contributed by atoms with E-state index in [0.717, 1.165) is 24.0 Å². The molecule has 0 fully saturated rings. The van der Waals surface area contributed by atoms with Crippen LogP contribution in [-0.4, -0.2) is 5.11 Å². The summed E-state index contributed by atoms with van der Waals surface area (Å²) in [6, 6.07) is 14.2. The zero-order chi connectivity index (χ0) is 13.8. The van der Waals surface area contributed by atoms with Crippen LogP contribution in [0, 0.1) is 6.92 Å². The van der Waals surface area contributed by atoms with Gasteiger partial charge in [0.05, 0.1) is 0 Å². The molecule has 0 aromatic heterocycles. The molecule has 2 aromatic carbocycles. The molecule has 0 radical (unpaired) electrons. The van der Waals surface area contributed by atoms with Gasteiger partial charge in [0.1, 0.15) is 6.10 Å². The topological polar surface area (TPSA) is 20.2 Å². The molecule has 2 rings (SSSR count). The molecule has 0 aliphatic carbocycles. The Kier molecular flexibility index (Phi) is 4.74. The maximum atomic E-state index is 10.6. The maximum Gasteiger partial charge on any atom is 0.104 e. The van der Waals surface area contributed by atoms with Gasteiger partial charge in [-0.2, -0.15) is 0 Å². The highest BCUT2D eigenvalue weighted by Gasteiger charge is 2.15. The Bertz CT molecular complexity index is 563. The van der Waals surface area contributed by atoms with Crippen LogP contribution in [-0.2, 0) is 6.42 Å². The first-order valence-corrected chi connectivity index (χ1v) is 7.33. The highest BCUT2D eigenvalue weighted by atomic mass is 31.0. The quantitative estimate of drug-likeness (QED) is 0.844. The Morgan fingerprint density at radius 1 is 1.16 bits per heavy atom. The predicted octanol–water partition coefficient (Wildman–Crippen LogP) is 3.53. The van der Waals surface area contributed by atoms with Crippen molar-refractivity contribution >= 4 is 14.5 Å². The SMILES string of the molecule is CCCc1c(P)cccc1C(O)c1cccc(C)c1. The molecular formula is C17H21OP. The van der Waals surface area contributed by atoms with E-state index >= 15 is 0 Å². The number of benzene rings is 2. The van der Waals surface area contributed by atoms with Gasteiger partial charge in [-0.25, -0.2) is 0 Å². The molecule has 0 bridgehead atoms. The number of aryl methyl sites for hydroxylation is 1. The Morgan fingerprint density at radius 2 is 1.89 bits per heavy atom. The second-order valence-corrected chi connectivity index (χ2v) is 5.60. The second-order valence-electron chi connectivity index (χ2n) is 4.98. The van der Waals surface area contributed by atoms with Gasteiger partial charge in [0.2, 0.25) is 0 Å². The summed E-state index contributed by atoms with van der Waals surface area (Å²) < 4.78 is 0. The summed E-state index contributed by atoms with van der Waals surface area (Å²) in [4.78, 5) is 0. The van der Waals surface area contributed by atoms with Crippen LogP contribution in [0.1, 0.15) is 41.7 Å². The van der Waals surface area contributed by atoms with Gasteiger partial charge in [0, 0.05) is 0 Å². The summed E-state index contributed by atoms with van der Waals surface area (Å²) in [5.41, 5.74) is 4.42. The largest absolute Gasteiger partial charge is 0.384 e. The van der Waals surface area contributed by atoms with E-state index in [1.54, 1.807) is 0 Å². The zero-order valence-corrected chi connectivity index (χ0v) is 12.7. The predicted molar refractivity (Wildman–Crippen MR) is 85.0 cm³/mol. The lowest BCUT2D eigenvalue weighted by atomic mass is 9.94. The third-order valence-corrected chi connectivity index (χ3v) is 3.94. The minimum absolute atomic E-state index is 0.540. The molecular weight excluding hydrogens is 251 g/mol. The molecule has 0 aliphatic rings. The Labute approximate surface area is 117 Å². The smallest absolute Gasteiger partial charge is 0.104 e. The molecule has 2 aromatic rings. The summed E-state index contributed by atoms with van der Waals surface area (Å²) in [6.07, 6.45) is 1.54. The average Bonchev–Trinajstić information content (AvgIpc) is 2.40. The van der Waals surface area contributed by atoms with Crippen LogP contribution in [0.5, 0.6) is 0 Å². The Morgan fingerprint density at radius 3 is 2.58 bits per heavy atom. The van der Waals surface area contributed by atoms with Crippen molar-refractivity contribution < 1.29 is 5.11 Å². The van der Waals surface area contributed by atoms with Crippen molar-refractivity contribution in [3.05, 3.63) is 64.7 Å². The van der Waals surface area contributed by atoms with Crippen LogP contribution < -0.4 is 5.30 Å². The molecule has 0 saturated heterocycles. The van der Waals surface area contributed by atoms with Crippen molar-refractivity contribution in [1.29, 1.82) is 0 Å². The van der Waals surface area contributed by atoms with E-state index in [-0.39, 0.29) is 0 Å². The van der Waals surface area contributed by atoms with Crippen molar-refractivity contribution in [2.24, 2.45) is 0 Å². The maximum absolute atomic E-state index is 10.6. The lowest BCUT2D eigenvalue weighted by Crippen LogP contribution is -2.11. The molecule has 0 amide bonds. The van der Waals surface area contributed by atoms with Crippen LogP contribution in [0.3, 0.4) is 0 Å². The van der Waals surface area contributed by atoms with Gasteiger partial charge in [-0.1, -0.05) is 61.4 Å². The highest BCUT2D eigenvalue weighted by Crippen LogP contribution is 2.26. The van der Waals surface area contributed by atoms with E-state index in [2.05, 4.69) is 41.3 Å². The highest BCUT2D eigenvalue weighted by molar-refractivity contribution is 7.27. The molecule has 19 heavy (non-hydrogen) atoms. The summed E-state index contributed by atoms with van der Waals surface area (Å²) >= 11 is 0. The third kappa shape index (κ3) is 3.23. The first-order chi connectivity index (χ1) is 9.13.